The molecular formula is C24H19FN2O3. The molecule has 0 saturated carbocycles. The largest absolute Gasteiger partial charge is 0.496 e. The lowest BCUT2D eigenvalue weighted by atomic mass is 10.1. The van der Waals surface area contributed by atoms with E-state index in [1.54, 1.807) is 42.1 Å². The quantitative estimate of drug-likeness (QED) is 0.487. The van der Waals surface area contributed by atoms with Crippen LogP contribution in [0.2, 0.25) is 0 Å². The van der Waals surface area contributed by atoms with Gasteiger partial charge in [-0.1, -0.05) is 42.5 Å². The van der Waals surface area contributed by atoms with Gasteiger partial charge in [0.05, 0.1) is 30.6 Å². The second-order valence-electron chi connectivity index (χ2n) is 6.78. The van der Waals surface area contributed by atoms with Crippen LogP contribution in [0.5, 0.6) is 5.75 Å². The smallest absolute Gasteiger partial charge is 0.335 e. The number of nitrogens with zero attached hydrogens (tertiary/aromatic N) is 2. The van der Waals surface area contributed by atoms with Crippen molar-refractivity contribution in [3.63, 3.8) is 0 Å². The van der Waals surface area contributed by atoms with E-state index in [1.807, 2.05) is 36.4 Å². The van der Waals surface area contributed by atoms with Crippen molar-refractivity contribution in [2.45, 2.75) is 6.54 Å². The molecule has 0 aliphatic heterocycles. The average Bonchev–Trinajstić information content (AvgIpc) is 3.18. The number of ether oxygens (including phenoxy) is 1. The topological polar surface area (TPSA) is 64.4 Å². The SMILES string of the molecule is COc1ccccc1Cn1nc(-c2ccc(C(=O)O)cc2)cc1-c1cccc(F)c1. The highest BCUT2D eigenvalue weighted by molar-refractivity contribution is 5.88. The molecule has 0 amide bonds. The summed E-state index contributed by atoms with van der Waals surface area (Å²) in [5.41, 5.74) is 4.03. The number of para-hydroxylation sites is 1. The predicted molar refractivity (Wildman–Crippen MR) is 112 cm³/mol. The Balaban J connectivity index is 1.80. The summed E-state index contributed by atoms with van der Waals surface area (Å²) in [7, 11) is 1.62. The highest BCUT2D eigenvalue weighted by atomic mass is 19.1. The van der Waals surface area contributed by atoms with Gasteiger partial charge in [0.1, 0.15) is 11.6 Å². The minimum absolute atomic E-state index is 0.206. The number of halogens is 1. The minimum Gasteiger partial charge on any atom is -0.496 e. The maximum absolute atomic E-state index is 13.9. The van der Waals surface area contributed by atoms with Crippen molar-refractivity contribution in [3.8, 4) is 28.3 Å². The summed E-state index contributed by atoms with van der Waals surface area (Å²) in [5, 5.41) is 13.8. The zero-order valence-corrected chi connectivity index (χ0v) is 16.2. The van der Waals surface area contributed by atoms with Gasteiger partial charge in [-0.2, -0.15) is 5.10 Å². The van der Waals surface area contributed by atoms with Gasteiger partial charge in [-0.3, -0.25) is 4.68 Å². The van der Waals surface area contributed by atoms with Crippen molar-refractivity contribution in [1.29, 1.82) is 0 Å². The van der Waals surface area contributed by atoms with Gasteiger partial charge < -0.3 is 9.84 Å². The van der Waals surface area contributed by atoms with Crippen LogP contribution >= 0.6 is 0 Å². The third-order valence-electron chi connectivity index (χ3n) is 4.84. The zero-order valence-electron chi connectivity index (χ0n) is 16.2. The molecule has 4 rings (SSSR count). The van der Waals surface area contributed by atoms with E-state index in [4.69, 9.17) is 14.9 Å². The molecule has 4 aromatic rings. The molecule has 0 fully saturated rings. The Morgan fingerprint density at radius 3 is 2.47 bits per heavy atom. The van der Waals surface area contributed by atoms with Crippen LogP contribution in [0.25, 0.3) is 22.5 Å². The minimum atomic E-state index is -0.983. The Bertz CT molecular complexity index is 1200. The van der Waals surface area contributed by atoms with Crippen LogP contribution in [-0.4, -0.2) is 28.0 Å². The van der Waals surface area contributed by atoms with Gasteiger partial charge in [0.2, 0.25) is 0 Å². The standard InChI is InChI=1S/C24H19FN2O3/c1-30-23-8-3-2-5-19(23)15-27-22(18-6-4-7-20(25)13-18)14-21(26-27)16-9-11-17(12-10-16)24(28)29/h2-14H,15H2,1H3,(H,28,29). The molecule has 0 unspecified atom stereocenters. The molecule has 1 N–H and O–H groups in total. The number of carboxylic acids is 1. The van der Waals surface area contributed by atoms with Crippen LogP contribution in [0, 0.1) is 5.82 Å². The number of methoxy groups -OCH3 is 1. The molecule has 0 aliphatic rings. The highest BCUT2D eigenvalue weighted by Gasteiger charge is 2.15. The Labute approximate surface area is 173 Å². The molecule has 1 heterocycles. The van der Waals surface area contributed by atoms with Gasteiger partial charge in [0.25, 0.3) is 0 Å². The summed E-state index contributed by atoms with van der Waals surface area (Å²) in [6.07, 6.45) is 0. The summed E-state index contributed by atoms with van der Waals surface area (Å²) in [6, 6.07) is 22.4. The first-order valence-corrected chi connectivity index (χ1v) is 9.34. The fraction of sp³-hybridized carbons (Fsp3) is 0.0833. The summed E-state index contributed by atoms with van der Waals surface area (Å²) < 4.78 is 21.1. The number of aromatic carboxylic acids is 1. The monoisotopic (exact) mass is 402 g/mol. The maximum atomic E-state index is 13.9. The molecule has 0 bridgehead atoms. The van der Waals surface area contributed by atoms with Crippen LogP contribution in [-0.2, 0) is 6.54 Å². The summed E-state index contributed by atoms with van der Waals surface area (Å²) in [4.78, 5) is 11.1. The number of aromatic nitrogens is 2. The molecule has 0 spiro atoms. The lowest BCUT2D eigenvalue weighted by Crippen LogP contribution is -2.05. The number of rotatable bonds is 6. The van der Waals surface area contributed by atoms with Crippen molar-refractivity contribution in [3.05, 3.63) is 95.8 Å². The van der Waals surface area contributed by atoms with Crippen molar-refractivity contribution >= 4 is 5.97 Å². The van der Waals surface area contributed by atoms with Crippen molar-refractivity contribution < 1.29 is 19.0 Å². The van der Waals surface area contributed by atoms with Crippen LogP contribution in [0.3, 0.4) is 0 Å². The first kappa shape index (κ1) is 19.4. The molecule has 0 aliphatic carbocycles. The van der Waals surface area contributed by atoms with Gasteiger partial charge in [-0.15, -0.1) is 0 Å². The third kappa shape index (κ3) is 3.93. The van der Waals surface area contributed by atoms with Crippen molar-refractivity contribution in [2.75, 3.05) is 7.11 Å². The first-order chi connectivity index (χ1) is 14.5. The normalized spacial score (nSPS) is 10.7. The van der Waals surface area contributed by atoms with Gasteiger partial charge in [-0.05, 0) is 36.4 Å². The lowest BCUT2D eigenvalue weighted by Gasteiger charge is -2.11. The Kier molecular flexibility index (Phi) is 5.30. The summed E-state index contributed by atoms with van der Waals surface area (Å²) >= 11 is 0. The van der Waals surface area contributed by atoms with Gasteiger partial charge in [-0.25, -0.2) is 9.18 Å². The summed E-state index contributed by atoms with van der Waals surface area (Å²) in [5.74, 6) is -0.570. The Hall–Kier alpha value is -3.93. The fourth-order valence-corrected chi connectivity index (χ4v) is 3.34. The zero-order chi connectivity index (χ0) is 21.1. The molecule has 5 nitrogen and oxygen atoms in total. The van der Waals surface area contributed by atoms with E-state index in [0.29, 0.717) is 17.8 Å². The second kappa shape index (κ2) is 8.21. The van der Waals surface area contributed by atoms with Gasteiger partial charge in [0.15, 0.2) is 0 Å². The number of hydrogen-bond donors (Lipinski definition) is 1. The van der Waals surface area contributed by atoms with E-state index >= 15 is 0 Å². The fourth-order valence-electron chi connectivity index (χ4n) is 3.34. The molecule has 1 aromatic heterocycles. The second-order valence-corrected chi connectivity index (χ2v) is 6.78. The number of benzene rings is 3. The van der Waals surface area contributed by atoms with Crippen LogP contribution in [0.4, 0.5) is 4.39 Å². The van der Waals surface area contributed by atoms with E-state index in [-0.39, 0.29) is 11.4 Å². The molecule has 0 atom stereocenters. The van der Waals surface area contributed by atoms with Crippen LogP contribution in [0.15, 0.2) is 78.9 Å². The lowest BCUT2D eigenvalue weighted by molar-refractivity contribution is 0.0697. The average molecular weight is 402 g/mol. The van der Waals surface area contributed by atoms with E-state index in [2.05, 4.69) is 0 Å². The van der Waals surface area contributed by atoms with E-state index < -0.39 is 5.97 Å². The van der Waals surface area contributed by atoms with Gasteiger partial charge in [0, 0.05) is 16.7 Å². The number of carbonyl (C=O) groups is 1. The van der Waals surface area contributed by atoms with Gasteiger partial charge >= 0.3 is 5.97 Å². The molecule has 150 valence electrons. The highest BCUT2D eigenvalue weighted by Crippen LogP contribution is 2.29. The molecule has 30 heavy (non-hydrogen) atoms. The molecule has 3 aromatic carbocycles. The number of hydrogen-bond acceptors (Lipinski definition) is 3. The van der Waals surface area contributed by atoms with Crippen molar-refractivity contribution in [1.82, 2.24) is 9.78 Å². The maximum Gasteiger partial charge on any atom is 0.335 e. The van der Waals surface area contributed by atoms with E-state index in [0.717, 1.165) is 22.6 Å². The van der Waals surface area contributed by atoms with Crippen LogP contribution < -0.4 is 4.74 Å². The molecule has 0 saturated heterocycles. The first-order valence-electron chi connectivity index (χ1n) is 9.34. The van der Waals surface area contributed by atoms with E-state index in [1.165, 1.54) is 12.1 Å². The molecular weight excluding hydrogens is 383 g/mol. The van der Waals surface area contributed by atoms with Crippen LogP contribution in [0.1, 0.15) is 15.9 Å². The third-order valence-corrected chi connectivity index (χ3v) is 4.84. The predicted octanol–water partition coefficient (Wildman–Crippen LogP) is 5.11. The van der Waals surface area contributed by atoms with E-state index in [9.17, 15) is 9.18 Å². The molecule has 0 radical (unpaired) electrons. The van der Waals surface area contributed by atoms with Crippen molar-refractivity contribution in [2.24, 2.45) is 0 Å². The summed E-state index contributed by atoms with van der Waals surface area (Å²) in [6.45, 7) is 0.434. The number of carboxylic acid groups (broad SMARTS) is 1. The Morgan fingerprint density at radius 2 is 1.77 bits per heavy atom. The molecule has 6 heteroatoms. The Morgan fingerprint density at radius 1 is 1.00 bits per heavy atom.